The fourth-order valence-corrected chi connectivity index (χ4v) is 5.14. The maximum atomic E-state index is 12.7. The van der Waals surface area contributed by atoms with Crippen LogP contribution in [0.15, 0.2) is 42.5 Å². The molecule has 12 heteroatoms. The van der Waals surface area contributed by atoms with Crippen LogP contribution in [0.2, 0.25) is 5.02 Å². The highest BCUT2D eigenvalue weighted by molar-refractivity contribution is 8.23. The van der Waals surface area contributed by atoms with Crippen molar-refractivity contribution in [3.63, 3.8) is 0 Å². The second-order valence-corrected chi connectivity index (χ2v) is 9.32. The fraction of sp³-hybridized carbons (Fsp3) is 0.211. The van der Waals surface area contributed by atoms with Crippen LogP contribution in [0.4, 0.5) is 16.2 Å². The van der Waals surface area contributed by atoms with E-state index in [0.717, 1.165) is 0 Å². The number of carboxylic acid groups (broad SMARTS) is 1. The van der Waals surface area contributed by atoms with Gasteiger partial charge in [-0.1, -0.05) is 35.9 Å². The molecule has 1 aliphatic rings. The number of rotatable bonds is 6. The minimum atomic E-state index is -3.37. The van der Waals surface area contributed by atoms with Gasteiger partial charge in [-0.3, -0.25) is 23.4 Å². The molecule has 1 saturated heterocycles. The number of carbonyl (C=O) groups excluding carboxylic acids is 2. The Bertz CT molecular complexity index is 1030. The van der Waals surface area contributed by atoms with E-state index in [1.165, 1.54) is 12.1 Å². The summed E-state index contributed by atoms with van der Waals surface area (Å²) in [6, 6.07) is 10.0. The van der Waals surface area contributed by atoms with Crippen molar-refractivity contribution in [2.75, 3.05) is 11.1 Å². The molecule has 0 aliphatic carbocycles. The number of nitrogens with one attached hydrogen (secondary N) is 3. The first-order valence-corrected chi connectivity index (χ1v) is 11.1. The quantitative estimate of drug-likeness (QED) is 0.319. The summed E-state index contributed by atoms with van der Waals surface area (Å²) < 4.78 is 22.3. The third kappa shape index (κ3) is 5.39. The van der Waals surface area contributed by atoms with Crippen LogP contribution in [0.25, 0.3) is 0 Å². The maximum Gasteiger partial charge on any atom is 0.405 e. The van der Waals surface area contributed by atoms with Crippen LogP contribution in [0, 0.1) is 0 Å². The van der Waals surface area contributed by atoms with Gasteiger partial charge in [-0.15, -0.1) is 10.8 Å². The molecule has 8 N–H and O–H groups in total. The summed E-state index contributed by atoms with van der Waals surface area (Å²) in [6.45, 7) is 0. The predicted octanol–water partition coefficient (Wildman–Crippen LogP) is 2.97. The van der Waals surface area contributed by atoms with Crippen LogP contribution in [0.3, 0.4) is 0 Å². The monoisotopic (exact) mass is 468 g/mol. The van der Waals surface area contributed by atoms with E-state index in [1.54, 1.807) is 30.3 Å². The molecule has 2 aromatic carbocycles. The van der Waals surface area contributed by atoms with Crippen LogP contribution in [0.1, 0.15) is 22.8 Å². The van der Waals surface area contributed by atoms with Crippen LogP contribution in [-0.4, -0.2) is 38.2 Å². The summed E-state index contributed by atoms with van der Waals surface area (Å²) in [5.74, 6) is -1.10. The van der Waals surface area contributed by atoms with Gasteiger partial charge in [0.1, 0.15) is 11.3 Å². The summed E-state index contributed by atoms with van der Waals surface area (Å²) in [5, 5.41) is 13.2. The van der Waals surface area contributed by atoms with E-state index in [0.29, 0.717) is 22.5 Å². The van der Waals surface area contributed by atoms with Crippen LogP contribution < -0.4 is 21.1 Å². The largest absolute Gasteiger partial charge is 0.465 e. The molecule has 1 heterocycles. The molecule has 3 amide bonds. The Kier molecular flexibility index (Phi) is 6.60. The lowest BCUT2D eigenvalue weighted by Gasteiger charge is -2.33. The maximum absolute atomic E-state index is 12.7. The molecule has 2 atom stereocenters. The molecular weight excluding hydrogens is 448 g/mol. The Hall–Kier alpha value is -2.99. The smallest absolute Gasteiger partial charge is 0.405 e. The molecule has 1 fully saturated rings. The molecule has 166 valence electrons. The van der Waals surface area contributed by atoms with Crippen molar-refractivity contribution in [2.45, 2.75) is 24.1 Å². The number of carbonyl (C=O) groups is 3. The van der Waals surface area contributed by atoms with E-state index in [9.17, 15) is 23.5 Å². The van der Waals surface area contributed by atoms with Crippen molar-refractivity contribution in [3.05, 3.63) is 58.6 Å². The van der Waals surface area contributed by atoms with E-state index in [2.05, 4.69) is 15.4 Å². The van der Waals surface area contributed by atoms with Gasteiger partial charge in [0, 0.05) is 11.4 Å². The summed E-state index contributed by atoms with van der Waals surface area (Å²) in [4.78, 5) is 35.4. The van der Waals surface area contributed by atoms with Crippen molar-refractivity contribution >= 4 is 51.7 Å². The summed E-state index contributed by atoms with van der Waals surface area (Å²) in [5.41, 5.74) is 7.39. The highest BCUT2D eigenvalue weighted by atomic mass is 35.5. The number of para-hydroxylation sites is 2. The highest BCUT2D eigenvalue weighted by Crippen LogP contribution is 2.57. The summed E-state index contributed by atoms with van der Waals surface area (Å²) >= 11 is 6.30. The van der Waals surface area contributed by atoms with E-state index < -0.39 is 40.0 Å². The fourth-order valence-electron chi connectivity index (χ4n) is 3.24. The first kappa shape index (κ1) is 22.7. The molecule has 0 aromatic heterocycles. The van der Waals surface area contributed by atoms with Crippen molar-refractivity contribution in [1.29, 1.82) is 0 Å². The molecule has 31 heavy (non-hydrogen) atoms. The molecule has 0 radical (unpaired) electrons. The van der Waals surface area contributed by atoms with Gasteiger partial charge >= 0.3 is 6.09 Å². The number of hydrogen-bond donors (Lipinski definition) is 7. The first-order chi connectivity index (χ1) is 14.6. The SMILES string of the molecule is Nc1ccccc1NC(=O)[C@@H](Cc1ccc(C2CC(=O)NS2(O)O)c(Cl)c1)NC(=O)O. The van der Waals surface area contributed by atoms with Gasteiger partial charge in [-0.25, -0.2) is 4.79 Å². The van der Waals surface area contributed by atoms with E-state index in [4.69, 9.17) is 22.4 Å². The van der Waals surface area contributed by atoms with Crippen molar-refractivity contribution < 1.29 is 28.6 Å². The lowest BCUT2D eigenvalue weighted by atomic mass is 10.0. The number of anilines is 2. The van der Waals surface area contributed by atoms with Gasteiger partial charge in [-0.05, 0) is 29.3 Å². The summed E-state index contributed by atoms with van der Waals surface area (Å²) in [7, 11) is -3.37. The number of amides is 3. The van der Waals surface area contributed by atoms with Crippen LogP contribution >= 0.6 is 22.4 Å². The first-order valence-electron chi connectivity index (χ1n) is 9.07. The number of nitrogen functional groups attached to an aromatic ring is 1. The molecule has 2 aromatic rings. The number of hydrogen-bond acceptors (Lipinski definition) is 6. The van der Waals surface area contributed by atoms with Crippen LogP contribution in [0.5, 0.6) is 0 Å². The zero-order chi connectivity index (χ0) is 22.8. The second kappa shape index (κ2) is 9.02. The van der Waals surface area contributed by atoms with Crippen molar-refractivity contribution in [3.8, 4) is 0 Å². The molecule has 1 unspecified atom stereocenters. The minimum Gasteiger partial charge on any atom is -0.465 e. The Balaban J connectivity index is 1.79. The third-order valence-corrected chi connectivity index (χ3v) is 6.79. The van der Waals surface area contributed by atoms with E-state index >= 15 is 0 Å². The standard InChI is InChI=1S/C19H21ClN4O6S/c20-12-7-10(5-6-11(12)16-9-17(25)24-31(16,29)30)8-15(23-19(27)28)18(26)22-14-4-2-1-3-13(14)21/h1-7,15-16,23,29-30H,8-9,21H2,(H,22,26)(H,24,25)(H,27,28)/t15-,16?/m1/s1. The van der Waals surface area contributed by atoms with Gasteiger partial charge < -0.3 is 21.5 Å². The van der Waals surface area contributed by atoms with Gasteiger partial charge in [0.05, 0.1) is 17.8 Å². The van der Waals surface area contributed by atoms with Gasteiger partial charge in [-0.2, -0.15) is 0 Å². The zero-order valence-electron chi connectivity index (χ0n) is 16.0. The lowest BCUT2D eigenvalue weighted by Crippen LogP contribution is -2.44. The number of halogens is 1. The number of nitrogens with two attached hydrogens (primary N) is 1. The molecule has 0 bridgehead atoms. The average molecular weight is 469 g/mol. The Morgan fingerprint density at radius 1 is 1.26 bits per heavy atom. The number of benzene rings is 2. The van der Waals surface area contributed by atoms with Crippen LogP contribution in [-0.2, 0) is 16.0 Å². The van der Waals surface area contributed by atoms with Gasteiger partial charge in [0.15, 0.2) is 0 Å². The Morgan fingerprint density at radius 2 is 1.97 bits per heavy atom. The van der Waals surface area contributed by atoms with Crippen molar-refractivity contribution in [2.24, 2.45) is 0 Å². The lowest BCUT2D eigenvalue weighted by molar-refractivity contribution is -0.119. The van der Waals surface area contributed by atoms with Crippen molar-refractivity contribution in [1.82, 2.24) is 10.0 Å². The molecule has 10 nitrogen and oxygen atoms in total. The minimum absolute atomic E-state index is 0.0248. The van der Waals surface area contributed by atoms with E-state index in [1.807, 2.05) is 0 Å². The average Bonchev–Trinajstić information content (AvgIpc) is 2.94. The molecule has 3 rings (SSSR count). The predicted molar refractivity (Wildman–Crippen MR) is 118 cm³/mol. The molecule has 0 saturated carbocycles. The molecule has 0 spiro atoms. The molecule has 1 aliphatic heterocycles. The highest BCUT2D eigenvalue weighted by Gasteiger charge is 2.39. The zero-order valence-corrected chi connectivity index (χ0v) is 17.6. The van der Waals surface area contributed by atoms with Gasteiger partial charge in [0.25, 0.3) is 0 Å². The third-order valence-electron chi connectivity index (χ3n) is 4.72. The molecular formula is C19H21ClN4O6S. The second-order valence-electron chi connectivity index (χ2n) is 6.95. The summed E-state index contributed by atoms with van der Waals surface area (Å²) in [6.07, 6.45) is -1.53. The Morgan fingerprint density at radius 3 is 2.55 bits per heavy atom. The topological polar surface area (TPSA) is 174 Å². The Labute approximate surface area is 184 Å². The van der Waals surface area contributed by atoms with Gasteiger partial charge in [0.2, 0.25) is 11.8 Å². The van der Waals surface area contributed by atoms with E-state index in [-0.39, 0.29) is 17.9 Å². The normalized spacial score (nSPS) is 19.2.